The van der Waals surface area contributed by atoms with Crippen LogP contribution in [-0.4, -0.2) is 24.6 Å². The summed E-state index contributed by atoms with van der Waals surface area (Å²) in [5.41, 5.74) is -3.11. The van der Waals surface area contributed by atoms with Crippen molar-refractivity contribution in [3.05, 3.63) is 70.8 Å². The van der Waals surface area contributed by atoms with Crippen LogP contribution in [0, 0.1) is 0 Å². The molecule has 2 heterocycles. The molecule has 0 radical (unpaired) electrons. The summed E-state index contributed by atoms with van der Waals surface area (Å²) in [4.78, 5) is 11.8. The lowest BCUT2D eigenvalue weighted by molar-refractivity contribution is -0.143. The summed E-state index contributed by atoms with van der Waals surface area (Å²) in [5.74, 6) is -0.00565. The lowest BCUT2D eigenvalue weighted by Gasteiger charge is -2.46. The molecule has 2 saturated heterocycles. The molecule has 2 aliphatic rings. The van der Waals surface area contributed by atoms with Crippen molar-refractivity contribution in [1.29, 1.82) is 0 Å². The molecule has 2 aliphatic heterocycles. The van der Waals surface area contributed by atoms with Crippen LogP contribution in [0.25, 0.3) is 0 Å². The van der Waals surface area contributed by atoms with Gasteiger partial charge in [0, 0.05) is 13.0 Å². The Kier molecular flexibility index (Phi) is 6.65. The second kappa shape index (κ2) is 9.13. The minimum Gasteiger partial charge on any atom is -0.372 e. The molecule has 190 valence electrons. The fourth-order valence-corrected chi connectivity index (χ4v) is 4.85. The molecule has 1 amide bonds. The van der Waals surface area contributed by atoms with E-state index >= 15 is 0 Å². The highest BCUT2D eigenvalue weighted by molar-refractivity contribution is 5.79. The third-order valence-corrected chi connectivity index (χ3v) is 7.02. The van der Waals surface area contributed by atoms with Gasteiger partial charge in [-0.05, 0) is 55.5 Å². The molecule has 2 N–H and O–H groups in total. The topological polar surface area (TPSA) is 50.4 Å². The Morgan fingerprint density at radius 3 is 2.06 bits per heavy atom. The maximum absolute atomic E-state index is 13.3. The highest BCUT2D eigenvalue weighted by atomic mass is 19.4. The van der Waals surface area contributed by atoms with Gasteiger partial charge in [0.25, 0.3) is 0 Å². The number of ether oxygens (including phenoxy) is 1. The van der Waals surface area contributed by atoms with E-state index in [1.807, 2.05) is 30.3 Å². The van der Waals surface area contributed by atoms with Crippen LogP contribution in [0.2, 0.25) is 0 Å². The molecule has 2 unspecified atom stereocenters. The first-order valence-electron chi connectivity index (χ1n) is 11.3. The number of amides is 1. The summed E-state index contributed by atoms with van der Waals surface area (Å²) in [6, 6.07) is 10.9. The van der Waals surface area contributed by atoms with E-state index in [4.69, 9.17) is 4.74 Å². The molecule has 0 aromatic heterocycles. The lowest BCUT2D eigenvalue weighted by Crippen LogP contribution is -2.61. The van der Waals surface area contributed by atoms with E-state index in [9.17, 15) is 31.1 Å². The van der Waals surface area contributed by atoms with Gasteiger partial charge in [0.05, 0.1) is 34.9 Å². The average molecular weight is 500 g/mol. The molecule has 0 bridgehead atoms. The summed E-state index contributed by atoms with van der Waals surface area (Å²) in [6.45, 7) is 1.95. The summed E-state index contributed by atoms with van der Waals surface area (Å²) in [5, 5.41) is 6.52. The highest BCUT2D eigenvalue weighted by Gasteiger charge is 2.47. The number of rotatable bonds is 5. The third-order valence-electron chi connectivity index (χ3n) is 7.02. The Balaban J connectivity index is 1.58. The molecular formula is C25H26F6N2O2. The van der Waals surface area contributed by atoms with Gasteiger partial charge in [-0.3, -0.25) is 4.79 Å². The Morgan fingerprint density at radius 1 is 0.943 bits per heavy atom. The molecular weight excluding hydrogens is 474 g/mol. The van der Waals surface area contributed by atoms with Crippen LogP contribution in [0.5, 0.6) is 0 Å². The molecule has 1 spiro atoms. The van der Waals surface area contributed by atoms with Gasteiger partial charge in [-0.2, -0.15) is 26.3 Å². The predicted octanol–water partition coefficient (Wildman–Crippen LogP) is 5.73. The smallest absolute Gasteiger partial charge is 0.372 e. The third kappa shape index (κ3) is 5.48. The Morgan fingerprint density at radius 2 is 1.57 bits per heavy atom. The molecule has 4 nitrogen and oxygen atoms in total. The van der Waals surface area contributed by atoms with Crippen molar-refractivity contribution in [2.75, 3.05) is 13.2 Å². The van der Waals surface area contributed by atoms with Crippen molar-refractivity contribution < 1.29 is 35.9 Å². The molecule has 0 aliphatic carbocycles. The molecule has 2 aromatic rings. The number of benzene rings is 2. The monoisotopic (exact) mass is 500 g/mol. The SMILES string of the molecule is CC(OCC1(c2ccccc2)CC[C@]2(CCC(=O)N2)CN1)c1cc(C(F)(F)F)cc(C(F)(F)F)c1. The maximum Gasteiger partial charge on any atom is 0.416 e. The largest absolute Gasteiger partial charge is 0.416 e. The minimum atomic E-state index is -4.92. The first-order chi connectivity index (χ1) is 16.3. The van der Waals surface area contributed by atoms with Crippen molar-refractivity contribution in [2.45, 2.75) is 62.1 Å². The molecule has 3 atom stereocenters. The Hall–Kier alpha value is -2.59. The zero-order valence-corrected chi connectivity index (χ0v) is 19.0. The van der Waals surface area contributed by atoms with Gasteiger partial charge in [-0.15, -0.1) is 0 Å². The number of halogens is 6. The number of hydrogen-bond acceptors (Lipinski definition) is 3. The number of nitrogens with one attached hydrogen (secondary N) is 2. The number of carbonyl (C=O) groups excluding carboxylic acids is 1. The fraction of sp³-hybridized carbons (Fsp3) is 0.480. The minimum absolute atomic E-state index is 0.00565. The molecule has 4 rings (SSSR count). The zero-order valence-electron chi connectivity index (χ0n) is 19.0. The van der Waals surface area contributed by atoms with Gasteiger partial charge < -0.3 is 15.4 Å². The van der Waals surface area contributed by atoms with Crippen molar-refractivity contribution in [2.24, 2.45) is 0 Å². The van der Waals surface area contributed by atoms with Crippen LogP contribution in [0.1, 0.15) is 61.0 Å². The van der Waals surface area contributed by atoms with E-state index in [1.54, 1.807) is 0 Å². The van der Waals surface area contributed by atoms with Crippen molar-refractivity contribution in [3.63, 3.8) is 0 Å². The molecule has 0 saturated carbocycles. The molecule has 10 heteroatoms. The lowest BCUT2D eigenvalue weighted by atomic mass is 9.76. The highest BCUT2D eigenvalue weighted by Crippen LogP contribution is 2.40. The van der Waals surface area contributed by atoms with Crippen LogP contribution in [0.3, 0.4) is 0 Å². The van der Waals surface area contributed by atoms with Crippen molar-refractivity contribution >= 4 is 5.91 Å². The van der Waals surface area contributed by atoms with Gasteiger partial charge in [-0.25, -0.2) is 0 Å². The predicted molar refractivity (Wildman–Crippen MR) is 116 cm³/mol. The number of piperidine rings is 1. The summed E-state index contributed by atoms with van der Waals surface area (Å²) < 4.78 is 85.6. The Bertz CT molecular complexity index is 1030. The van der Waals surface area contributed by atoms with Crippen molar-refractivity contribution in [1.82, 2.24) is 10.6 Å². The van der Waals surface area contributed by atoms with E-state index in [0.717, 1.165) is 5.56 Å². The molecule has 2 fully saturated rings. The second-order valence-corrected chi connectivity index (χ2v) is 9.42. The quantitative estimate of drug-likeness (QED) is 0.516. The van der Waals surface area contributed by atoms with Crippen LogP contribution >= 0.6 is 0 Å². The average Bonchev–Trinajstić information content (AvgIpc) is 3.18. The van der Waals surface area contributed by atoms with E-state index in [2.05, 4.69) is 10.6 Å². The van der Waals surface area contributed by atoms with Gasteiger partial charge in [0.1, 0.15) is 0 Å². The number of carbonyl (C=O) groups is 1. The standard InChI is InChI=1S/C25H26F6N2O2/c1-16(17-11-19(24(26,27)28)13-20(12-17)25(29,30)31)35-15-23(18-5-3-2-4-6-18)10-9-22(14-32-23)8-7-21(34)33-22/h2-6,11-13,16,32H,7-10,14-15H2,1H3,(H,33,34)/t16?,22-,23?/m1/s1. The molecule has 2 aromatic carbocycles. The first-order valence-corrected chi connectivity index (χ1v) is 11.3. The second-order valence-electron chi connectivity index (χ2n) is 9.42. The summed E-state index contributed by atoms with van der Waals surface area (Å²) >= 11 is 0. The van der Waals surface area contributed by atoms with E-state index in [0.29, 0.717) is 44.4 Å². The van der Waals surface area contributed by atoms with Gasteiger partial charge in [0.2, 0.25) is 5.91 Å². The maximum atomic E-state index is 13.3. The van der Waals surface area contributed by atoms with Crippen LogP contribution in [0.15, 0.2) is 48.5 Å². The first kappa shape index (κ1) is 25.5. The fourth-order valence-electron chi connectivity index (χ4n) is 4.85. The van der Waals surface area contributed by atoms with Gasteiger partial charge in [-0.1, -0.05) is 30.3 Å². The summed E-state index contributed by atoms with van der Waals surface area (Å²) in [7, 11) is 0. The van der Waals surface area contributed by atoms with Gasteiger partial charge >= 0.3 is 12.4 Å². The van der Waals surface area contributed by atoms with E-state index in [-0.39, 0.29) is 29.7 Å². The van der Waals surface area contributed by atoms with E-state index < -0.39 is 35.1 Å². The van der Waals surface area contributed by atoms with Gasteiger partial charge in [0.15, 0.2) is 0 Å². The normalized spacial score (nSPS) is 26.1. The number of hydrogen-bond donors (Lipinski definition) is 2. The van der Waals surface area contributed by atoms with Crippen LogP contribution < -0.4 is 10.6 Å². The van der Waals surface area contributed by atoms with Crippen molar-refractivity contribution in [3.8, 4) is 0 Å². The zero-order chi connectivity index (χ0) is 25.5. The number of alkyl halides is 6. The van der Waals surface area contributed by atoms with Crippen LogP contribution in [0.4, 0.5) is 26.3 Å². The van der Waals surface area contributed by atoms with Crippen LogP contribution in [-0.2, 0) is 27.4 Å². The molecule has 35 heavy (non-hydrogen) atoms. The Labute approximate surface area is 199 Å². The van der Waals surface area contributed by atoms with E-state index in [1.165, 1.54) is 6.92 Å². The summed E-state index contributed by atoms with van der Waals surface area (Å²) in [6.07, 6.45) is -8.49.